The maximum Gasteiger partial charge on any atom is 0.314 e. The Morgan fingerprint density at radius 2 is 1.82 bits per heavy atom. The van der Waals surface area contributed by atoms with E-state index in [9.17, 15) is 9.59 Å². The van der Waals surface area contributed by atoms with Gasteiger partial charge in [-0.15, -0.1) is 0 Å². The molecule has 120 valence electrons. The molecule has 0 spiro atoms. The highest BCUT2D eigenvalue weighted by molar-refractivity contribution is 6.39. The predicted molar refractivity (Wildman–Crippen MR) is 84.9 cm³/mol. The highest BCUT2D eigenvalue weighted by Crippen LogP contribution is 2.23. The van der Waals surface area contributed by atoms with Crippen LogP contribution in [0, 0.1) is 0 Å². The van der Waals surface area contributed by atoms with E-state index in [1.807, 2.05) is 13.0 Å². The van der Waals surface area contributed by atoms with E-state index in [1.165, 1.54) is 0 Å². The first kappa shape index (κ1) is 16.3. The average Bonchev–Trinajstić information content (AvgIpc) is 2.56. The largest absolute Gasteiger partial charge is 0.492 e. The van der Waals surface area contributed by atoms with E-state index in [0.29, 0.717) is 31.1 Å². The van der Waals surface area contributed by atoms with Gasteiger partial charge in [0, 0.05) is 26.2 Å². The summed E-state index contributed by atoms with van der Waals surface area (Å²) in [6.45, 7) is 8.23. The third kappa shape index (κ3) is 3.98. The molecule has 0 saturated carbocycles. The van der Waals surface area contributed by atoms with E-state index in [4.69, 9.17) is 4.74 Å². The van der Waals surface area contributed by atoms with Crippen LogP contribution in [-0.2, 0) is 9.59 Å². The molecule has 0 bridgehead atoms. The Labute approximate surface area is 131 Å². The highest BCUT2D eigenvalue weighted by atomic mass is 16.5. The highest BCUT2D eigenvalue weighted by Gasteiger charge is 2.26. The van der Waals surface area contributed by atoms with Gasteiger partial charge in [-0.1, -0.05) is 19.1 Å². The molecule has 6 nitrogen and oxygen atoms in total. The second-order valence-electron chi connectivity index (χ2n) is 5.11. The number of carbonyl (C=O) groups is 2. The number of rotatable bonds is 4. The Hall–Kier alpha value is -2.08. The van der Waals surface area contributed by atoms with Crippen molar-refractivity contribution in [3.05, 3.63) is 24.3 Å². The molecule has 1 heterocycles. The molecule has 2 amide bonds. The molecule has 1 aliphatic rings. The van der Waals surface area contributed by atoms with Crippen LogP contribution >= 0.6 is 0 Å². The van der Waals surface area contributed by atoms with Crippen LogP contribution in [0.15, 0.2) is 24.3 Å². The Bertz CT molecular complexity index is 525. The predicted octanol–water partition coefficient (Wildman–Crippen LogP) is 1.19. The average molecular weight is 305 g/mol. The zero-order valence-corrected chi connectivity index (χ0v) is 13.2. The number of ether oxygens (including phenoxy) is 1. The van der Waals surface area contributed by atoms with Crippen LogP contribution in [0.2, 0.25) is 0 Å². The molecule has 0 radical (unpaired) electrons. The summed E-state index contributed by atoms with van der Waals surface area (Å²) in [6.07, 6.45) is 0. The van der Waals surface area contributed by atoms with E-state index >= 15 is 0 Å². The molecule has 0 atom stereocenters. The van der Waals surface area contributed by atoms with Crippen molar-refractivity contribution in [2.45, 2.75) is 13.8 Å². The lowest BCUT2D eigenvalue weighted by Gasteiger charge is -2.33. The topological polar surface area (TPSA) is 61.9 Å². The van der Waals surface area contributed by atoms with Gasteiger partial charge in [-0.25, -0.2) is 0 Å². The number of nitrogens with one attached hydrogen (secondary N) is 1. The Morgan fingerprint density at radius 3 is 2.45 bits per heavy atom. The van der Waals surface area contributed by atoms with Crippen molar-refractivity contribution in [1.29, 1.82) is 0 Å². The molecule has 1 aliphatic heterocycles. The number of benzene rings is 1. The standard InChI is InChI=1S/C16H23N3O3/c1-3-18-9-11-19(12-10-18)16(21)15(20)17-13-7-5-6-8-14(13)22-4-2/h5-8H,3-4,9-12H2,1-2H3,(H,17,20). The number of amides is 2. The van der Waals surface area contributed by atoms with Gasteiger partial charge in [-0.05, 0) is 25.6 Å². The molecule has 1 saturated heterocycles. The van der Waals surface area contributed by atoms with Gasteiger partial charge in [0.1, 0.15) is 5.75 Å². The summed E-state index contributed by atoms with van der Waals surface area (Å²) in [5.74, 6) is -0.527. The fourth-order valence-corrected chi connectivity index (χ4v) is 2.44. The summed E-state index contributed by atoms with van der Waals surface area (Å²) in [4.78, 5) is 28.2. The van der Waals surface area contributed by atoms with Gasteiger partial charge in [-0.3, -0.25) is 9.59 Å². The monoisotopic (exact) mass is 305 g/mol. The van der Waals surface area contributed by atoms with Crippen molar-refractivity contribution >= 4 is 17.5 Å². The van der Waals surface area contributed by atoms with Crippen LogP contribution in [0.3, 0.4) is 0 Å². The SMILES string of the molecule is CCOc1ccccc1NC(=O)C(=O)N1CCN(CC)CC1. The van der Waals surface area contributed by atoms with Crippen LogP contribution in [0.5, 0.6) is 5.75 Å². The van der Waals surface area contributed by atoms with Crippen LogP contribution < -0.4 is 10.1 Å². The van der Waals surface area contributed by atoms with Crippen molar-refractivity contribution in [3.8, 4) is 5.75 Å². The quantitative estimate of drug-likeness (QED) is 0.849. The number of hydrogen-bond donors (Lipinski definition) is 1. The third-order valence-electron chi connectivity index (χ3n) is 3.74. The molecule has 1 aromatic rings. The smallest absolute Gasteiger partial charge is 0.314 e. The lowest BCUT2D eigenvalue weighted by molar-refractivity contribution is -0.144. The number of likely N-dealkylation sites (N-methyl/N-ethyl adjacent to an activating group) is 1. The van der Waals surface area contributed by atoms with Gasteiger partial charge in [0.15, 0.2) is 0 Å². The van der Waals surface area contributed by atoms with Crippen LogP contribution in [-0.4, -0.2) is 60.9 Å². The molecule has 1 N–H and O–H groups in total. The van der Waals surface area contributed by atoms with Crippen molar-refractivity contribution in [1.82, 2.24) is 9.80 Å². The van der Waals surface area contributed by atoms with Crippen molar-refractivity contribution in [2.75, 3.05) is 44.6 Å². The number of piperazine rings is 1. The fraction of sp³-hybridized carbons (Fsp3) is 0.500. The van der Waals surface area contributed by atoms with E-state index in [0.717, 1.165) is 19.6 Å². The molecule has 2 rings (SSSR count). The molecule has 0 unspecified atom stereocenters. The normalized spacial score (nSPS) is 15.5. The summed E-state index contributed by atoms with van der Waals surface area (Å²) in [5, 5.41) is 2.65. The van der Waals surface area contributed by atoms with Crippen molar-refractivity contribution in [2.24, 2.45) is 0 Å². The molecule has 0 aliphatic carbocycles. The molecule has 22 heavy (non-hydrogen) atoms. The zero-order valence-electron chi connectivity index (χ0n) is 13.2. The van der Waals surface area contributed by atoms with Gasteiger partial charge in [0.2, 0.25) is 0 Å². The first-order valence-corrected chi connectivity index (χ1v) is 7.70. The zero-order chi connectivity index (χ0) is 15.9. The first-order chi connectivity index (χ1) is 10.7. The maximum absolute atomic E-state index is 12.2. The van der Waals surface area contributed by atoms with Crippen LogP contribution in [0.4, 0.5) is 5.69 Å². The number of nitrogens with zero attached hydrogens (tertiary/aromatic N) is 2. The van der Waals surface area contributed by atoms with Crippen LogP contribution in [0.25, 0.3) is 0 Å². The molecule has 6 heteroatoms. The van der Waals surface area contributed by atoms with Crippen molar-refractivity contribution < 1.29 is 14.3 Å². The Balaban J connectivity index is 1.96. The maximum atomic E-state index is 12.2. The minimum atomic E-state index is -0.614. The Kier molecular flexibility index (Phi) is 5.77. The lowest BCUT2D eigenvalue weighted by Crippen LogP contribution is -2.51. The van der Waals surface area contributed by atoms with Gasteiger partial charge in [0.25, 0.3) is 0 Å². The van der Waals surface area contributed by atoms with Gasteiger partial charge in [-0.2, -0.15) is 0 Å². The molecular formula is C16H23N3O3. The number of carbonyl (C=O) groups excluding carboxylic acids is 2. The van der Waals surface area contributed by atoms with Crippen molar-refractivity contribution in [3.63, 3.8) is 0 Å². The fourth-order valence-electron chi connectivity index (χ4n) is 2.44. The second kappa shape index (κ2) is 7.79. The minimum Gasteiger partial charge on any atom is -0.492 e. The minimum absolute atomic E-state index is 0.484. The summed E-state index contributed by atoms with van der Waals surface area (Å²) in [6, 6.07) is 7.11. The van der Waals surface area contributed by atoms with Gasteiger partial charge in [0.05, 0.1) is 12.3 Å². The van der Waals surface area contributed by atoms with E-state index in [1.54, 1.807) is 23.1 Å². The third-order valence-corrected chi connectivity index (χ3v) is 3.74. The van der Waals surface area contributed by atoms with E-state index < -0.39 is 11.8 Å². The molecular weight excluding hydrogens is 282 g/mol. The molecule has 0 aromatic heterocycles. The Morgan fingerprint density at radius 1 is 1.14 bits per heavy atom. The van der Waals surface area contributed by atoms with Gasteiger partial charge < -0.3 is 19.9 Å². The van der Waals surface area contributed by atoms with E-state index in [2.05, 4.69) is 17.1 Å². The summed E-state index contributed by atoms with van der Waals surface area (Å²) in [5.41, 5.74) is 0.523. The summed E-state index contributed by atoms with van der Waals surface area (Å²) < 4.78 is 5.45. The number of anilines is 1. The number of hydrogen-bond acceptors (Lipinski definition) is 4. The molecule has 1 fully saturated rings. The second-order valence-corrected chi connectivity index (χ2v) is 5.11. The number of para-hydroxylation sites is 2. The first-order valence-electron chi connectivity index (χ1n) is 7.70. The summed E-state index contributed by atoms with van der Waals surface area (Å²) in [7, 11) is 0. The van der Waals surface area contributed by atoms with Gasteiger partial charge >= 0.3 is 11.8 Å². The summed E-state index contributed by atoms with van der Waals surface area (Å²) >= 11 is 0. The van der Waals surface area contributed by atoms with Crippen LogP contribution in [0.1, 0.15) is 13.8 Å². The lowest BCUT2D eigenvalue weighted by atomic mass is 10.2. The van der Waals surface area contributed by atoms with E-state index in [-0.39, 0.29) is 0 Å². The molecule has 1 aromatic carbocycles.